The van der Waals surface area contributed by atoms with Crippen LogP contribution < -0.4 is 10.2 Å². The number of hydrogen-bond acceptors (Lipinski definition) is 6. The first-order valence-corrected chi connectivity index (χ1v) is 14.6. The number of ether oxygens (including phenoxy) is 3. The Morgan fingerprint density at radius 2 is 1.70 bits per heavy atom. The van der Waals surface area contributed by atoms with Crippen LogP contribution in [-0.2, 0) is 29.3 Å². The molecule has 5 fully saturated rings. The van der Waals surface area contributed by atoms with Crippen LogP contribution in [0.1, 0.15) is 68.9 Å². The quantitative estimate of drug-likeness (QED) is 0.238. The number of rotatable bonds is 9. The van der Waals surface area contributed by atoms with Crippen LogP contribution in [0.25, 0.3) is 16.7 Å². The summed E-state index contributed by atoms with van der Waals surface area (Å²) < 4.78 is 16.2. The lowest BCUT2D eigenvalue weighted by Crippen LogP contribution is -2.48. The molecule has 4 bridgehead atoms. The normalized spacial score (nSPS) is 28.6. The summed E-state index contributed by atoms with van der Waals surface area (Å²) in [5.41, 5.74) is 7.38. The summed E-state index contributed by atoms with van der Waals surface area (Å²) in [6, 6.07) is 14.2. The molecule has 1 saturated heterocycles. The molecule has 7 heteroatoms. The number of nitrogens with one attached hydrogen (secondary N) is 1. The van der Waals surface area contributed by atoms with Gasteiger partial charge < -0.3 is 14.2 Å². The van der Waals surface area contributed by atoms with E-state index in [4.69, 9.17) is 19.0 Å². The third-order valence-electron chi connectivity index (χ3n) is 9.39. The van der Waals surface area contributed by atoms with Crippen molar-refractivity contribution in [2.24, 2.45) is 17.8 Å². The summed E-state index contributed by atoms with van der Waals surface area (Å²) in [6.45, 7) is 4.54. The molecule has 1 unspecified atom stereocenters. The van der Waals surface area contributed by atoms with Crippen LogP contribution in [-0.4, -0.2) is 38.5 Å². The average molecular weight is 546 g/mol. The van der Waals surface area contributed by atoms with Gasteiger partial charge in [0.15, 0.2) is 12.9 Å². The number of esters is 1. The Morgan fingerprint density at radius 1 is 1.00 bits per heavy atom. The highest BCUT2D eigenvalue weighted by Crippen LogP contribution is 2.62. The second-order valence-electron chi connectivity index (χ2n) is 12.2. The molecule has 1 N–H and O–H groups in total. The van der Waals surface area contributed by atoms with Crippen LogP contribution in [0.15, 0.2) is 49.0 Å². The van der Waals surface area contributed by atoms with Crippen molar-refractivity contribution in [3.05, 3.63) is 60.2 Å². The Morgan fingerprint density at radius 3 is 2.33 bits per heavy atom. The largest absolute Gasteiger partial charge is 0.484 e. The van der Waals surface area contributed by atoms with Crippen LogP contribution in [0.3, 0.4) is 0 Å². The molecule has 4 aliphatic carbocycles. The number of carbonyl (C=O) groups is 2. The predicted molar refractivity (Wildman–Crippen MR) is 151 cm³/mol. The number of methoxy groups -OCH3 is 1. The Bertz CT molecular complexity index is 1230. The molecule has 40 heavy (non-hydrogen) atoms. The van der Waals surface area contributed by atoms with Crippen molar-refractivity contribution < 1.29 is 28.6 Å². The predicted octanol–water partition coefficient (Wildman–Crippen LogP) is 5.96. The minimum absolute atomic E-state index is 0.131. The maximum Gasteiger partial charge on any atom is 0.337 e. The van der Waals surface area contributed by atoms with Crippen molar-refractivity contribution in [1.29, 1.82) is 0 Å². The topological polar surface area (TPSA) is 83.1 Å². The van der Waals surface area contributed by atoms with E-state index in [1.165, 1.54) is 56.8 Å². The first kappa shape index (κ1) is 27.0. The van der Waals surface area contributed by atoms with Crippen LogP contribution in [0, 0.1) is 17.8 Å². The molecule has 5 aliphatic rings. The fourth-order valence-electron chi connectivity index (χ4n) is 7.95. The van der Waals surface area contributed by atoms with Crippen LogP contribution >= 0.6 is 0 Å². The highest BCUT2D eigenvalue weighted by atomic mass is 16.8. The van der Waals surface area contributed by atoms with Gasteiger partial charge in [0.05, 0.1) is 12.7 Å². The highest BCUT2D eigenvalue weighted by Gasteiger charge is 2.52. The van der Waals surface area contributed by atoms with Gasteiger partial charge in [-0.05, 0) is 115 Å². The van der Waals surface area contributed by atoms with Crippen molar-refractivity contribution >= 4 is 17.4 Å². The molecule has 0 aromatic heterocycles. The van der Waals surface area contributed by atoms with Gasteiger partial charge >= 0.3 is 5.97 Å². The summed E-state index contributed by atoms with van der Waals surface area (Å²) in [5.74, 6) is 2.24. The van der Waals surface area contributed by atoms with Crippen LogP contribution in [0.2, 0.25) is 0 Å². The van der Waals surface area contributed by atoms with E-state index in [0.717, 1.165) is 48.1 Å². The van der Waals surface area contributed by atoms with E-state index in [0.29, 0.717) is 17.9 Å². The van der Waals surface area contributed by atoms with E-state index in [9.17, 15) is 9.59 Å². The summed E-state index contributed by atoms with van der Waals surface area (Å²) in [6.07, 6.45) is 10.1. The molecule has 4 saturated carbocycles. The Balaban J connectivity index is 1.20. The van der Waals surface area contributed by atoms with E-state index >= 15 is 0 Å². The fourth-order valence-corrected chi connectivity index (χ4v) is 7.95. The van der Waals surface area contributed by atoms with E-state index in [-0.39, 0.29) is 17.9 Å². The molecule has 0 spiro atoms. The monoisotopic (exact) mass is 545 g/mol. The van der Waals surface area contributed by atoms with Gasteiger partial charge in [-0.3, -0.25) is 4.79 Å². The van der Waals surface area contributed by atoms with Gasteiger partial charge in [0.2, 0.25) is 0 Å². The zero-order valence-electron chi connectivity index (χ0n) is 23.3. The standard InChI is InChI=1S/C33H39NO6/c1-21(32(36)37-2)26-8-11-28(29(16-26)33-17-22-13-23(18-33)15-24(14-22)19-33)25-6-9-27(10-7-25)39-20-30(35)34-40-31-5-3-4-12-38-31/h6-11,16,22-24,31H,1,3-5,12-15,17-20H2,2H3,(H,34,35). The minimum Gasteiger partial charge on any atom is -0.484 e. The summed E-state index contributed by atoms with van der Waals surface area (Å²) in [5, 5.41) is 0. The number of carbonyl (C=O) groups excluding carboxylic acids is 2. The Hall–Kier alpha value is -3.16. The van der Waals surface area contributed by atoms with Crippen molar-refractivity contribution in [3.8, 4) is 16.9 Å². The second-order valence-corrected chi connectivity index (χ2v) is 12.2. The number of hydroxylamine groups is 1. The van der Waals surface area contributed by atoms with Crippen molar-refractivity contribution in [2.75, 3.05) is 20.3 Å². The molecule has 7 nitrogen and oxygen atoms in total. The van der Waals surface area contributed by atoms with Gasteiger partial charge in [0, 0.05) is 13.0 Å². The third-order valence-corrected chi connectivity index (χ3v) is 9.39. The summed E-state index contributed by atoms with van der Waals surface area (Å²) in [7, 11) is 1.40. The smallest absolute Gasteiger partial charge is 0.337 e. The number of hydrogen-bond donors (Lipinski definition) is 1. The first-order valence-electron chi connectivity index (χ1n) is 14.6. The van der Waals surface area contributed by atoms with Crippen molar-refractivity contribution in [1.82, 2.24) is 5.48 Å². The number of amides is 1. The molecule has 1 amide bonds. The summed E-state index contributed by atoms with van der Waals surface area (Å²) in [4.78, 5) is 29.8. The summed E-state index contributed by atoms with van der Waals surface area (Å²) >= 11 is 0. The van der Waals surface area contributed by atoms with Crippen molar-refractivity contribution in [3.63, 3.8) is 0 Å². The van der Waals surface area contributed by atoms with Gasteiger partial charge in [0.25, 0.3) is 5.91 Å². The average Bonchev–Trinajstić information content (AvgIpc) is 2.98. The first-order chi connectivity index (χ1) is 19.4. The minimum atomic E-state index is -0.397. The Labute approximate surface area is 236 Å². The molecule has 212 valence electrons. The molecular formula is C33H39NO6. The van der Waals surface area contributed by atoms with Gasteiger partial charge in [-0.15, -0.1) is 0 Å². The molecule has 1 atom stereocenters. The zero-order valence-corrected chi connectivity index (χ0v) is 23.3. The lowest BCUT2D eigenvalue weighted by atomic mass is 9.47. The van der Waals surface area contributed by atoms with E-state index < -0.39 is 12.3 Å². The molecule has 1 aliphatic heterocycles. The van der Waals surface area contributed by atoms with Crippen LogP contribution in [0.4, 0.5) is 0 Å². The zero-order chi connectivity index (χ0) is 27.7. The van der Waals surface area contributed by atoms with Crippen LogP contribution in [0.5, 0.6) is 5.75 Å². The molecule has 2 aromatic carbocycles. The number of benzene rings is 2. The van der Waals surface area contributed by atoms with E-state index in [1.54, 1.807) is 0 Å². The molecule has 7 rings (SSSR count). The molecule has 1 heterocycles. The SMILES string of the molecule is C=C(C(=O)OC)c1ccc(-c2ccc(OCC(=O)NOC3CCCCO3)cc2)c(C23CC4CC(CC(C4)C2)C3)c1. The van der Waals surface area contributed by atoms with E-state index in [2.05, 4.69) is 24.2 Å². The van der Waals surface area contributed by atoms with Gasteiger partial charge in [0.1, 0.15) is 5.75 Å². The second kappa shape index (κ2) is 11.4. The van der Waals surface area contributed by atoms with Crippen molar-refractivity contribution in [2.45, 2.75) is 69.5 Å². The highest BCUT2D eigenvalue weighted by molar-refractivity contribution is 6.15. The Kier molecular flexibility index (Phi) is 7.69. The van der Waals surface area contributed by atoms with Gasteiger partial charge in [-0.2, -0.15) is 0 Å². The lowest BCUT2D eigenvalue weighted by molar-refractivity contribution is -0.201. The maximum absolute atomic E-state index is 12.3. The third kappa shape index (κ3) is 5.54. The fraction of sp³-hybridized carbons (Fsp3) is 0.515. The van der Waals surface area contributed by atoms with E-state index in [1.807, 2.05) is 30.3 Å². The molecule has 2 aromatic rings. The molecule has 0 radical (unpaired) electrons. The lowest BCUT2D eigenvalue weighted by Gasteiger charge is -2.57. The molecular weight excluding hydrogens is 506 g/mol. The van der Waals surface area contributed by atoms with Gasteiger partial charge in [-0.1, -0.05) is 30.8 Å². The van der Waals surface area contributed by atoms with Gasteiger partial charge in [-0.25, -0.2) is 15.1 Å². The maximum atomic E-state index is 12.3.